The van der Waals surface area contributed by atoms with Gasteiger partial charge in [-0.15, -0.1) is 23.4 Å². The first-order valence-corrected chi connectivity index (χ1v) is 9.95. The van der Waals surface area contributed by atoms with Crippen molar-refractivity contribution in [2.24, 2.45) is 0 Å². The summed E-state index contributed by atoms with van der Waals surface area (Å²) < 4.78 is 21.4. The molecule has 0 heterocycles. The highest BCUT2D eigenvalue weighted by Gasteiger charge is 2.23. The third-order valence-electron chi connectivity index (χ3n) is 3.62. The maximum absolute atomic E-state index is 12.5. The third-order valence-corrected chi connectivity index (χ3v) is 4.92. The Labute approximate surface area is 168 Å². The summed E-state index contributed by atoms with van der Waals surface area (Å²) in [6.07, 6.45) is 0.711. The fourth-order valence-electron chi connectivity index (χ4n) is 2.36. The Morgan fingerprint density at radius 2 is 1.78 bits per heavy atom. The Hall–Kier alpha value is -1.89. The van der Waals surface area contributed by atoms with Gasteiger partial charge in [0.25, 0.3) is 0 Å². The van der Waals surface area contributed by atoms with Gasteiger partial charge in [-0.2, -0.15) is 0 Å². The maximum Gasteiger partial charge on any atom is 0.342 e. The van der Waals surface area contributed by atoms with E-state index in [-0.39, 0.29) is 6.79 Å². The monoisotopic (exact) mass is 410 g/mol. The Morgan fingerprint density at radius 1 is 1.04 bits per heavy atom. The summed E-state index contributed by atoms with van der Waals surface area (Å²) in [5, 5.41) is 0. The fourth-order valence-corrected chi connectivity index (χ4v) is 3.42. The van der Waals surface area contributed by atoms with Crippen molar-refractivity contribution in [3.05, 3.63) is 53.6 Å². The zero-order chi connectivity index (χ0) is 19.5. The van der Waals surface area contributed by atoms with Crippen LogP contribution >= 0.6 is 23.4 Å². The summed E-state index contributed by atoms with van der Waals surface area (Å²) >= 11 is 7.34. The van der Waals surface area contributed by atoms with Gasteiger partial charge in [0.1, 0.15) is 17.1 Å². The number of alkyl halides is 1. The van der Waals surface area contributed by atoms with Gasteiger partial charge in [-0.25, -0.2) is 4.79 Å². The molecule has 0 amide bonds. The van der Waals surface area contributed by atoms with Crippen LogP contribution in [-0.2, 0) is 15.2 Å². The molecule has 27 heavy (non-hydrogen) atoms. The number of benzene rings is 2. The van der Waals surface area contributed by atoms with Crippen LogP contribution in [0.2, 0.25) is 0 Å². The number of carbonyl (C=O) groups excluding carboxylic acids is 1. The summed E-state index contributed by atoms with van der Waals surface area (Å²) in [6, 6.07) is 13.4. The van der Waals surface area contributed by atoms with Crippen LogP contribution in [0.4, 0.5) is 0 Å². The zero-order valence-electron chi connectivity index (χ0n) is 15.4. The van der Waals surface area contributed by atoms with E-state index in [4.69, 9.17) is 30.5 Å². The van der Waals surface area contributed by atoms with Gasteiger partial charge in [0.2, 0.25) is 0 Å². The molecular formula is C20H23ClO5S. The molecule has 7 heteroatoms. The van der Waals surface area contributed by atoms with Gasteiger partial charge in [0.05, 0.1) is 13.7 Å². The lowest BCUT2D eigenvalue weighted by Crippen LogP contribution is -2.12. The van der Waals surface area contributed by atoms with E-state index in [9.17, 15) is 4.79 Å². The molecule has 0 aromatic heterocycles. The summed E-state index contributed by atoms with van der Waals surface area (Å²) in [6.45, 7) is 0.493. The van der Waals surface area contributed by atoms with E-state index >= 15 is 0 Å². The summed E-state index contributed by atoms with van der Waals surface area (Å²) in [5.41, 5.74) is 1.07. The van der Waals surface area contributed by atoms with Crippen molar-refractivity contribution < 1.29 is 23.7 Å². The Kier molecular flexibility index (Phi) is 9.31. The Morgan fingerprint density at radius 3 is 2.44 bits per heavy atom. The van der Waals surface area contributed by atoms with Crippen molar-refractivity contribution in [2.75, 3.05) is 33.5 Å². The van der Waals surface area contributed by atoms with Crippen LogP contribution in [0.3, 0.4) is 0 Å². The van der Waals surface area contributed by atoms with Gasteiger partial charge in [-0.3, -0.25) is 0 Å². The second-order valence-electron chi connectivity index (χ2n) is 5.45. The lowest BCUT2D eigenvalue weighted by Gasteiger charge is -2.18. The lowest BCUT2D eigenvalue weighted by molar-refractivity contribution is 0.0463. The van der Waals surface area contributed by atoms with E-state index in [0.29, 0.717) is 41.7 Å². The number of hydrogen-bond donors (Lipinski definition) is 0. The van der Waals surface area contributed by atoms with Crippen LogP contribution < -0.4 is 9.47 Å². The lowest BCUT2D eigenvalue weighted by atomic mass is 10.1. The number of carbonyl (C=O) groups is 1. The number of halogens is 1. The molecule has 2 rings (SSSR count). The zero-order valence-corrected chi connectivity index (χ0v) is 17.0. The molecule has 2 aromatic carbocycles. The number of ether oxygens (including phenoxy) is 4. The highest BCUT2D eigenvalue weighted by atomic mass is 35.5. The SMILES string of the molecule is COCOc1ccc(OCCCCl)c(CSc2ccccc2)c1C(=O)OC. The van der Waals surface area contributed by atoms with Gasteiger partial charge in [-0.05, 0) is 30.7 Å². The highest BCUT2D eigenvalue weighted by molar-refractivity contribution is 7.98. The number of esters is 1. The van der Waals surface area contributed by atoms with Gasteiger partial charge in [-0.1, -0.05) is 18.2 Å². The minimum absolute atomic E-state index is 0.0295. The molecule has 0 N–H and O–H groups in total. The highest BCUT2D eigenvalue weighted by Crippen LogP contribution is 2.36. The molecule has 0 atom stereocenters. The number of methoxy groups -OCH3 is 2. The molecule has 0 radical (unpaired) electrons. The minimum Gasteiger partial charge on any atom is -0.493 e. The molecule has 0 saturated carbocycles. The smallest absolute Gasteiger partial charge is 0.342 e. The third kappa shape index (κ3) is 6.34. The molecule has 146 valence electrons. The van der Waals surface area contributed by atoms with Crippen molar-refractivity contribution in [2.45, 2.75) is 17.1 Å². The molecule has 0 fully saturated rings. The Bertz CT molecular complexity index is 724. The quantitative estimate of drug-likeness (QED) is 0.175. The molecule has 0 spiro atoms. The molecule has 0 aliphatic carbocycles. The predicted molar refractivity (Wildman–Crippen MR) is 107 cm³/mol. The molecule has 5 nitrogen and oxygen atoms in total. The van der Waals surface area contributed by atoms with E-state index in [1.54, 1.807) is 23.9 Å². The van der Waals surface area contributed by atoms with Crippen LogP contribution in [0.15, 0.2) is 47.4 Å². The topological polar surface area (TPSA) is 54.0 Å². The normalized spacial score (nSPS) is 10.5. The van der Waals surface area contributed by atoms with Gasteiger partial charge in [0.15, 0.2) is 6.79 Å². The summed E-state index contributed by atoms with van der Waals surface area (Å²) in [4.78, 5) is 13.6. The van der Waals surface area contributed by atoms with E-state index < -0.39 is 5.97 Å². The summed E-state index contributed by atoms with van der Waals surface area (Å²) in [7, 11) is 2.87. The molecule has 0 aliphatic heterocycles. The van der Waals surface area contributed by atoms with Crippen molar-refractivity contribution >= 4 is 29.3 Å². The first kappa shape index (κ1) is 21.4. The van der Waals surface area contributed by atoms with E-state index in [0.717, 1.165) is 10.5 Å². The van der Waals surface area contributed by atoms with Crippen molar-refractivity contribution in [3.63, 3.8) is 0 Å². The molecule has 0 bridgehead atoms. The van der Waals surface area contributed by atoms with Crippen LogP contribution in [0, 0.1) is 0 Å². The average molecular weight is 411 g/mol. The second-order valence-corrected chi connectivity index (χ2v) is 6.88. The predicted octanol–water partition coefficient (Wildman–Crippen LogP) is 4.76. The minimum atomic E-state index is -0.479. The number of hydrogen-bond acceptors (Lipinski definition) is 6. The molecule has 0 aliphatic rings. The average Bonchev–Trinajstić information content (AvgIpc) is 2.71. The van der Waals surface area contributed by atoms with Gasteiger partial charge >= 0.3 is 5.97 Å². The van der Waals surface area contributed by atoms with E-state index in [2.05, 4.69) is 0 Å². The van der Waals surface area contributed by atoms with E-state index in [1.165, 1.54) is 14.2 Å². The first-order valence-electron chi connectivity index (χ1n) is 8.43. The largest absolute Gasteiger partial charge is 0.493 e. The number of thioether (sulfide) groups is 1. The van der Waals surface area contributed by atoms with Crippen molar-refractivity contribution in [1.82, 2.24) is 0 Å². The van der Waals surface area contributed by atoms with Gasteiger partial charge < -0.3 is 18.9 Å². The standard InChI is InChI=1S/C20H23ClO5S/c1-23-14-26-18-10-9-17(25-12-6-11-21)16(19(18)20(22)24-2)13-27-15-7-4-3-5-8-15/h3-5,7-10H,6,11-14H2,1-2H3. The fraction of sp³-hybridized carbons (Fsp3) is 0.350. The second kappa shape index (κ2) is 11.7. The van der Waals surface area contributed by atoms with E-state index in [1.807, 2.05) is 30.3 Å². The maximum atomic E-state index is 12.5. The number of rotatable bonds is 11. The molecular weight excluding hydrogens is 388 g/mol. The van der Waals surface area contributed by atoms with Crippen molar-refractivity contribution in [1.29, 1.82) is 0 Å². The van der Waals surface area contributed by atoms with Crippen LogP contribution in [0.25, 0.3) is 0 Å². The molecule has 2 aromatic rings. The molecule has 0 unspecified atom stereocenters. The van der Waals surface area contributed by atoms with Crippen molar-refractivity contribution in [3.8, 4) is 11.5 Å². The van der Waals surface area contributed by atoms with Crippen LogP contribution in [0.1, 0.15) is 22.3 Å². The molecule has 0 saturated heterocycles. The summed E-state index contributed by atoms with van der Waals surface area (Å²) in [5.74, 6) is 1.57. The first-order chi connectivity index (χ1) is 13.2. The van der Waals surface area contributed by atoms with Gasteiger partial charge in [0, 0.05) is 29.2 Å². The van der Waals surface area contributed by atoms with Crippen LogP contribution in [-0.4, -0.2) is 39.5 Å². The Balaban J connectivity index is 2.38. The van der Waals surface area contributed by atoms with Crippen LogP contribution in [0.5, 0.6) is 11.5 Å².